The monoisotopic (exact) mass is 312 g/mol. The minimum Gasteiger partial charge on any atom is -0.358 e. The number of fused-ring (bicyclic) bond motifs is 3. The smallest absolute Gasteiger partial charge is 0.162 e. The van der Waals surface area contributed by atoms with E-state index in [1.807, 2.05) is 6.07 Å². The molecule has 1 heterocycles. The van der Waals surface area contributed by atoms with Gasteiger partial charge in [-0.1, -0.05) is 20.8 Å². The predicted molar refractivity (Wildman–Crippen MR) is 96.2 cm³/mol. The van der Waals surface area contributed by atoms with Crippen LogP contribution in [0.4, 0.5) is 0 Å². The van der Waals surface area contributed by atoms with Crippen molar-refractivity contribution in [2.75, 3.05) is 6.54 Å². The van der Waals surface area contributed by atoms with Gasteiger partial charge in [0.2, 0.25) is 0 Å². The molecule has 2 aromatic rings. The van der Waals surface area contributed by atoms with Crippen LogP contribution >= 0.6 is 0 Å². The molecule has 1 unspecified atom stereocenters. The van der Waals surface area contributed by atoms with Gasteiger partial charge in [0, 0.05) is 34.6 Å². The number of nitrogens with one attached hydrogen (secondary N) is 2. The van der Waals surface area contributed by atoms with Gasteiger partial charge in [-0.3, -0.25) is 4.79 Å². The summed E-state index contributed by atoms with van der Waals surface area (Å²) in [5, 5.41) is 4.94. The molecule has 1 aliphatic carbocycles. The zero-order chi connectivity index (χ0) is 16.4. The Morgan fingerprint density at radius 3 is 2.96 bits per heavy atom. The van der Waals surface area contributed by atoms with Gasteiger partial charge in [0.25, 0.3) is 0 Å². The van der Waals surface area contributed by atoms with Crippen molar-refractivity contribution < 1.29 is 4.79 Å². The molecule has 0 spiro atoms. The van der Waals surface area contributed by atoms with E-state index < -0.39 is 0 Å². The standard InChI is InChI=1S/C20H28N2O/c1-4-5-20(23)14-6-8-18-16(10-14)17-11-15(21-12-13(2)3)7-9-19(17)22-18/h6,8,10,13,15,21-22H,4-5,7,9,11-12H2,1-3H3. The van der Waals surface area contributed by atoms with Crippen LogP contribution in [0, 0.1) is 5.92 Å². The molecule has 0 bridgehead atoms. The van der Waals surface area contributed by atoms with Crippen LogP contribution in [0.5, 0.6) is 0 Å². The fourth-order valence-electron chi connectivity index (χ4n) is 3.54. The van der Waals surface area contributed by atoms with Gasteiger partial charge >= 0.3 is 0 Å². The summed E-state index contributed by atoms with van der Waals surface area (Å²) in [5.74, 6) is 0.937. The second-order valence-corrected chi connectivity index (χ2v) is 7.26. The summed E-state index contributed by atoms with van der Waals surface area (Å²) in [6.45, 7) is 7.62. The lowest BCUT2D eigenvalue weighted by molar-refractivity contribution is 0.0982. The summed E-state index contributed by atoms with van der Waals surface area (Å²) in [6.07, 6.45) is 4.89. The van der Waals surface area contributed by atoms with Crippen LogP contribution in [0.2, 0.25) is 0 Å². The summed E-state index contributed by atoms with van der Waals surface area (Å²) in [5.41, 5.74) is 4.81. The number of aryl methyl sites for hydroxylation is 1. The molecule has 0 aliphatic heterocycles. The zero-order valence-electron chi connectivity index (χ0n) is 14.5. The Balaban J connectivity index is 1.86. The molecule has 3 nitrogen and oxygen atoms in total. The highest BCUT2D eigenvalue weighted by Crippen LogP contribution is 2.30. The van der Waals surface area contributed by atoms with Crippen molar-refractivity contribution in [1.29, 1.82) is 0 Å². The first-order valence-corrected chi connectivity index (χ1v) is 8.98. The van der Waals surface area contributed by atoms with E-state index in [9.17, 15) is 4.79 Å². The van der Waals surface area contributed by atoms with Crippen LogP contribution < -0.4 is 5.32 Å². The Morgan fingerprint density at radius 2 is 2.22 bits per heavy atom. The first-order chi connectivity index (χ1) is 11.1. The number of rotatable bonds is 6. The minimum atomic E-state index is 0.259. The molecule has 0 radical (unpaired) electrons. The summed E-state index contributed by atoms with van der Waals surface area (Å²) in [6, 6.07) is 6.70. The number of ketones is 1. The first kappa shape index (κ1) is 16.3. The van der Waals surface area contributed by atoms with Crippen molar-refractivity contribution in [1.82, 2.24) is 10.3 Å². The number of benzene rings is 1. The molecular formula is C20H28N2O. The molecule has 0 saturated carbocycles. The lowest BCUT2D eigenvalue weighted by atomic mass is 9.90. The van der Waals surface area contributed by atoms with Crippen molar-refractivity contribution in [3.05, 3.63) is 35.0 Å². The molecule has 0 fully saturated rings. The molecular weight excluding hydrogens is 284 g/mol. The Labute approximate surface area is 138 Å². The number of carbonyl (C=O) groups excluding carboxylic acids is 1. The van der Waals surface area contributed by atoms with E-state index in [4.69, 9.17) is 0 Å². The van der Waals surface area contributed by atoms with Crippen molar-refractivity contribution in [3.63, 3.8) is 0 Å². The number of Topliss-reactive ketones (excluding diaryl/α,β-unsaturated/α-hetero) is 1. The molecule has 0 amide bonds. The Hall–Kier alpha value is -1.61. The minimum absolute atomic E-state index is 0.259. The predicted octanol–water partition coefficient (Wildman–Crippen LogP) is 4.25. The summed E-state index contributed by atoms with van der Waals surface area (Å²) < 4.78 is 0. The van der Waals surface area contributed by atoms with E-state index in [0.717, 1.165) is 31.4 Å². The quantitative estimate of drug-likeness (QED) is 0.783. The van der Waals surface area contributed by atoms with E-state index in [1.54, 1.807) is 0 Å². The lowest BCUT2D eigenvalue weighted by Crippen LogP contribution is -2.36. The molecule has 1 aromatic heterocycles. The van der Waals surface area contributed by atoms with Crippen molar-refractivity contribution in [2.24, 2.45) is 5.92 Å². The summed E-state index contributed by atoms with van der Waals surface area (Å²) in [4.78, 5) is 15.8. The zero-order valence-corrected chi connectivity index (χ0v) is 14.5. The van der Waals surface area contributed by atoms with Crippen molar-refractivity contribution >= 4 is 16.7 Å². The van der Waals surface area contributed by atoms with Crippen LogP contribution in [0.15, 0.2) is 18.2 Å². The van der Waals surface area contributed by atoms with Crippen molar-refractivity contribution in [3.8, 4) is 0 Å². The van der Waals surface area contributed by atoms with Crippen LogP contribution in [0.25, 0.3) is 10.9 Å². The van der Waals surface area contributed by atoms with Gasteiger partial charge in [0.15, 0.2) is 5.78 Å². The molecule has 1 aliphatic rings. The highest BCUT2D eigenvalue weighted by Gasteiger charge is 2.22. The topological polar surface area (TPSA) is 44.9 Å². The SMILES string of the molecule is CCCC(=O)c1ccc2[nH]c3c(c2c1)CC(NCC(C)C)CC3. The largest absolute Gasteiger partial charge is 0.358 e. The van der Waals surface area contributed by atoms with E-state index in [-0.39, 0.29) is 5.78 Å². The van der Waals surface area contributed by atoms with Gasteiger partial charge in [-0.05, 0) is 61.9 Å². The maximum atomic E-state index is 12.2. The average molecular weight is 312 g/mol. The molecule has 1 atom stereocenters. The lowest BCUT2D eigenvalue weighted by Gasteiger charge is -2.24. The highest BCUT2D eigenvalue weighted by molar-refractivity contribution is 6.00. The summed E-state index contributed by atoms with van der Waals surface area (Å²) in [7, 11) is 0. The van der Waals surface area contributed by atoms with Gasteiger partial charge in [-0.2, -0.15) is 0 Å². The van der Waals surface area contributed by atoms with Crippen LogP contribution in [-0.4, -0.2) is 23.4 Å². The third-order valence-electron chi connectivity index (χ3n) is 4.80. The molecule has 124 valence electrons. The van der Waals surface area contributed by atoms with Crippen LogP contribution in [0.1, 0.15) is 61.6 Å². The molecule has 1 aromatic carbocycles. The maximum Gasteiger partial charge on any atom is 0.162 e. The number of hydrogen-bond acceptors (Lipinski definition) is 2. The normalized spacial score (nSPS) is 17.7. The van der Waals surface area contributed by atoms with E-state index in [1.165, 1.54) is 28.6 Å². The second kappa shape index (κ2) is 6.88. The molecule has 23 heavy (non-hydrogen) atoms. The molecule has 0 saturated heterocycles. The second-order valence-electron chi connectivity index (χ2n) is 7.26. The average Bonchev–Trinajstić information content (AvgIpc) is 2.90. The number of hydrogen-bond donors (Lipinski definition) is 2. The van der Waals surface area contributed by atoms with Gasteiger partial charge in [-0.25, -0.2) is 0 Å². The molecule has 3 rings (SSSR count). The Morgan fingerprint density at radius 1 is 1.39 bits per heavy atom. The van der Waals surface area contributed by atoms with Gasteiger partial charge in [-0.15, -0.1) is 0 Å². The first-order valence-electron chi connectivity index (χ1n) is 8.98. The number of aromatic nitrogens is 1. The fraction of sp³-hybridized carbons (Fsp3) is 0.550. The fourth-order valence-corrected chi connectivity index (χ4v) is 3.54. The van der Waals surface area contributed by atoms with Crippen LogP contribution in [-0.2, 0) is 12.8 Å². The number of carbonyl (C=O) groups is 1. The Bertz CT molecular complexity index is 699. The number of H-pyrrole nitrogens is 1. The summed E-state index contributed by atoms with van der Waals surface area (Å²) >= 11 is 0. The van der Waals surface area contributed by atoms with Crippen molar-refractivity contribution in [2.45, 2.75) is 58.9 Å². The molecule has 3 heteroatoms. The number of aromatic amines is 1. The molecule has 2 N–H and O–H groups in total. The van der Waals surface area contributed by atoms with Gasteiger partial charge < -0.3 is 10.3 Å². The Kier molecular flexibility index (Phi) is 4.86. The van der Waals surface area contributed by atoms with E-state index in [2.05, 4.69) is 43.2 Å². The van der Waals surface area contributed by atoms with E-state index in [0.29, 0.717) is 18.4 Å². The highest BCUT2D eigenvalue weighted by atomic mass is 16.1. The third-order valence-corrected chi connectivity index (χ3v) is 4.80. The van der Waals surface area contributed by atoms with Crippen LogP contribution in [0.3, 0.4) is 0 Å². The van der Waals surface area contributed by atoms with E-state index >= 15 is 0 Å². The van der Waals surface area contributed by atoms with Gasteiger partial charge in [0.1, 0.15) is 0 Å². The third kappa shape index (κ3) is 3.50. The van der Waals surface area contributed by atoms with Gasteiger partial charge in [0.05, 0.1) is 0 Å². The maximum absolute atomic E-state index is 12.2.